The molecule has 2 aromatic carbocycles. The van der Waals surface area contributed by atoms with Gasteiger partial charge in [0.1, 0.15) is 11.5 Å². The Morgan fingerprint density at radius 3 is 2.74 bits per heavy atom. The standard InChI is InChI=1S/C23H21N3O5/c1-2-28-20-12-6-4-10-18(20)22-25-21(31-26-22)15-30-23(27)17-9-3-5-11-19(17)24-14-16-8-7-13-29-16/h3-13,24H,2,14-15H2,1H3. The van der Waals surface area contributed by atoms with Gasteiger partial charge in [0.2, 0.25) is 5.82 Å². The summed E-state index contributed by atoms with van der Waals surface area (Å²) in [5, 5.41) is 7.15. The zero-order valence-electron chi connectivity index (χ0n) is 16.9. The first kappa shape index (κ1) is 20.2. The number of nitrogens with one attached hydrogen (secondary N) is 1. The molecular formula is C23H21N3O5. The van der Waals surface area contributed by atoms with Gasteiger partial charge in [0.05, 0.1) is 30.5 Å². The summed E-state index contributed by atoms with van der Waals surface area (Å²) in [6.07, 6.45) is 1.60. The van der Waals surface area contributed by atoms with Crippen LogP contribution < -0.4 is 10.1 Å². The number of hydrogen-bond acceptors (Lipinski definition) is 8. The average molecular weight is 419 g/mol. The molecule has 0 aliphatic carbocycles. The van der Waals surface area contributed by atoms with Gasteiger partial charge in [-0.25, -0.2) is 4.79 Å². The van der Waals surface area contributed by atoms with Crippen molar-refractivity contribution in [3.63, 3.8) is 0 Å². The van der Waals surface area contributed by atoms with Crippen LogP contribution in [0.15, 0.2) is 75.9 Å². The van der Waals surface area contributed by atoms with Crippen molar-refractivity contribution in [1.29, 1.82) is 0 Å². The summed E-state index contributed by atoms with van der Waals surface area (Å²) >= 11 is 0. The Labute approximate surface area is 178 Å². The predicted octanol–water partition coefficient (Wildman–Crippen LogP) is 4.70. The molecule has 0 fully saturated rings. The molecule has 0 aliphatic heterocycles. The van der Waals surface area contributed by atoms with Crippen LogP contribution in [0.25, 0.3) is 11.4 Å². The van der Waals surface area contributed by atoms with E-state index in [0.29, 0.717) is 41.5 Å². The maximum absolute atomic E-state index is 12.6. The second-order valence-electron chi connectivity index (χ2n) is 6.50. The third-order valence-corrected chi connectivity index (χ3v) is 4.40. The van der Waals surface area contributed by atoms with Gasteiger partial charge < -0.3 is 23.7 Å². The van der Waals surface area contributed by atoms with Crippen LogP contribution in [0, 0.1) is 0 Å². The number of anilines is 1. The van der Waals surface area contributed by atoms with Crippen LogP contribution in [0.1, 0.15) is 28.9 Å². The molecule has 0 bridgehead atoms. The first-order valence-corrected chi connectivity index (χ1v) is 9.81. The zero-order valence-corrected chi connectivity index (χ0v) is 16.9. The average Bonchev–Trinajstić information content (AvgIpc) is 3.49. The molecule has 0 atom stereocenters. The third kappa shape index (κ3) is 4.92. The maximum atomic E-state index is 12.6. The van der Waals surface area contributed by atoms with E-state index in [4.69, 9.17) is 18.4 Å². The molecule has 8 heteroatoms. The Kier molecular flexibility index (Phi) is 6.27. The van der Waals surface area contributed by atoms with Gasteiger partial charge in [-0.15, -0.1) is 0 Å². The van der Waals surface area contributed by atoms with E-state index in [9.17, 15) is 4.79 Å². The number of para-hydroxylation sites is 2. The van der Waals surface area contributed by atoms with Gasteiger partial charge in [0.15, 0.2) is 6.61 Å². The third-order valence-electron chi connectivity index (χ3n) is 4.40. The van der Waals surface area contributed by atoms with E-state index in [1.54, 1.807) is 24.5 Å². The molecule has 0 aliphatic rings. The Morgan fingerprint density at radius 1 is 1.06 bits per heavy atom. The van der Waals surface area contributed by atoms with Crippen LogP contribution in [0.2, 0.25) is 0 Å². The van der Waals surface area contributed by atoms with Gasteiger partial charge in [-0.05, 0) is 43.3 Å². The van der Waals surface area contributed by atoms with Crippen LogP contribution >= 0.6 is 0 Å². The number of ether oxygens (including phenoxy) is 2. The van der Waals surface area contributed by atoms with Crippen LogP contribution in [-0.4, -0.2) is 22.7 Å². The molecule has 2 heterocycles. The highest BCUT2D eigenvalue weighted by Crippen LogP contribution is 2.27. The number of esters is 1. The van der Waals surface area contributed by atoms with Crippen LogP contribution in [-0.2, 0) is 17.9 Å². The van der Waals surface area contributed by atoms with E-state index in [-0.39, 0.29) is 12.5 Å². The number of aromatic nitrogens is 2. The van der Waals surface area contributed by atoms with Gasteiger partial charge in [-0.3, -0.25) is 0 Å². The fourth-order valence-corrected chi connectivity index (χ4v) is 2.97. The minimum absolute atomic E-state index is 0.144. The van der Waals surface area contributed by atoms with Crippen molar-refractivity contribution in [1.82, 2.24) is 10.1 Å². The Hall–Kier alpha value is -4.07. The first-order valence-electron chi connectivity index (χ1n) is 9.81. The molecule has 2 aromatic heterocycles. The fraction of sp³-hybridized carbons (Fsp3) is 0.174. The van der Waals surface area contributed by atoms with E-state index < -0.39 is 5.97 Å². The zero-order chi connectivity index (χ0) is 21.5. The van der Waals surface area contributed by atoms with Crippen molar-refractivity contribution in [2.75, 3.05) is 11.9 Å². The smallest absolute Gasteiger partial charge is 0.340 e. The van der Waals surface area contributed by atoms with Crippen LogP contribution in [0.3, 0.4) is 0 Å². The molecule has 158 valence electrons. The number of carbonyl (C=O) groups is 1. The highest BCUT2D eigenvalue weighted by molar-refractivity contribution is 5.95. The normalized spacial score (nSPS) is 10.6. The molecule has 0 radical (unpaired) electrons. The maximum Gasteiger partial charge on any atom is 0.340 e. The Morgan fingerprint density at radius 2 is 1.90 bits per heavy atom. The first-order chi connectivity index (χ1) is 15.2. The minimum atomic E-state index is -0.503. The lowest BCUT2D eigenvalue weighted by molar-refractivity contribution is 0.0431. The number of carbonyl (C=O) groups excluding carboxylic acids is 1. The van der Waals surface area contributed by atoms with Crippen molar-refractivity contribution < 1.29 is 23.2 Å². The molecular weight excluding hydrogens is 398 g/mol. The summed E-state index contributed by atoms with van der Waals surface area (Å²) in [5.41, 5.74) is 1.74. The molecule has 1 N–H and O–H groups in total. The lowest BCUT2D eigenvalue weighted by Crippen LogP contribution is -2.10. The summed E-state index contributed by atoms with van der Waals surface area (Å²) in [4.78, 5) is 16.9. The predicted molar refractivity (Wildman–Crippen MR) is 112 cm³/mol. The van der Waals surface area contributed by atoms with E-state index >= 15 is 0 Å². The van der Waals surface area contributed by atoms with Crippen LogP contribution in [0.4, 0.5) is 5.69 Å². The lowest BCUT2D eigenvalue weighted by Gasteiger charge is -2.10. The SMILES string of the molecule is CCOc1ccccc1-c1noc(COC(=O)c2ccccc2NCc2ccco2)n1. The molecule has 4 rings (SSSR count). The largest absolute Gasteiger partial charge is 0.493 e. The van der Waals surface area contributed by atoms with Gasteiger partial charge in [0.25, 0.3) is 5.89 Å². The topological polar surface area (TPSA) is 99.6 Å². The van der Waals surface area contributed by atoms with Gasteiger partial charge in [0, 0.05) is 5.69 Å². The summed E-state index contributed by atoms with van der Waals surface area (Å²) in [5.74, 6) is 1.48. The molecule has 8 nitrogen and oxygen atoms in total. The summed E-state index contributed by atoms with van der Waals surface area (Å²) in [6.45, 7) is 2.73. The summed E-state index contributed by atoms with van der Waals surface area (Å²) < 4.78 is 21.5. The number of rotatable bonds is 9. The van der Waals surface area contributed by atoms with Crippen molar-refractivity contribution in [2.24, 2.45) is 0 Å². The number of hydrogen-bond donors (Lipinski definition) is 1. The lowest BCUT2D eigenvalue weighted by atomic mass is 10.2. The quantitative estimate of drug-likeness (QED) is 0.390. The van der Waals surface area contributed by atoms with Crippen molar-refractivity contribution in [2.45, 2.75) is 20.1 Å². The van der Waals surface area contributed by atoms with E-state index in [0.717, 1.165) is 5.76 Å². The second kappa shape index (κ2) is 9.62. The van der Waals surface area contributed by atoms with Gasteiger partial charge >= 0.3 is 5.97 Å². The molecule has 0 unspecified atom stereocenters. The molecule has 4 aromatic rings. The highest BCUT2D eigenvalue weighted by atomic mass is 16.6. The van der Waals surface area contributed by atoms with Crippen LogP contribution in [0.5, 0.6) is 5.75 Å². The number of benzene rings is 2. The summed E-state index contributed by atoms with van der Waals surface area (Å²) in [6, 6.07) is 18.2. The number of furan rings is 1. The van der Waals surface area contributed by atoms with E-state index in [1.165, 1.54) is 0 Å². The van der Waals surface area contributed by atoms with E-state index in [1.807, 2.05) is 49.4 Å². The van der Waals surface area contributed by atoms with Crippen molar-refractivity contribution >= 4 is 11.7 Å². The minimum Gasteiger partial charge on any atom is -0.493 e. The second-order valence-corrected chi connectivity index (χ2v) is 6.50. The molecule has 31 heavy (non-hydrogen) atoms. The monoisotopic (exact) mass is 419 g/mol. The molecule has 0 saturated carbocycles. The Bertz CT molecular complexity index is 1140. The molecule has 0 amide bonds. The summed E-state index contributed by atoms with van der Waals surface area (Å²) in [7, 11) is 0. The molecule has 0 spiro atoms. The van der Waals surface area contributed by atoms with E-state index in [2.05, 4.69) is 15.5 Å². The number of nitrogens with zero attached hydrogens (tertiary/aromatic N) is 2. The Balaban J connectivity index is 1.41. The highest BCUT2D eigenvalue weighted by Gasteiger charge is 2.17. The molecule has 0 saturated heterocycles. The van der Waals surface area contributed by atoms with Gasteiger partial charge in [-0.2, -0.15) is 4.98 Å². The van der Waals surface area contributed by atoms with Gasteiger partial charge in [-0.1, -0.05) is 29.4 Å². The fourth-order valence-electron chi connectivity index (χ4n) is 2.97. The van der Waals surface area contributed by atoms with Crippen molar-refractivity contribution in [3.8, 4) is 17.1 Å². The van der Waals surface area contributed by atoms with Crippen molar-refractivity contribution in [3.05, 3.63) is 84.1 Å².